The lowest BCUT2D eigenvalue weighted by atomic mass is 9.85. The third-order valence-corrected chi connectivity index (χ3v) is 4.32. The van der Waals surface area contributed by atoms with Gasteiger partial charge in [-0.2, -0.15) is 0 Å². The van der Waals surface area contributed by atoms with Crippen LogP contribution >= 0.6 is 0 Å². The molecule has 2 atom stereocenters. The highest BCUT2D eigenvalue weighted by molar-refractivity contribution is 5.78. The quantitative estimate of drug-likeness (QED) is 0.927. The molecular weight excluding hydrogens is 264 g/mol. The molecule has 116 valence electrons. The summed E-state index contributed by atoms with van der Waals surface area (Å²) in [5.74, 6) is 1.20. The number of hydrogen-bond donors (Lipinski definition) is 1. The number of benzene rings is 1. The molecule has 0 aliphatic heterocycles. The predicted molar refractivity (Wildman–Crippen MR) is 84.1 cm³/mol. The molecule has 21 heavy (non-hydrogen) atoms. The molecule has 0 radical (unpaired) electrons. The molecule has 1 saturated carbocycles. The van der Waals surface area contributed by atoms with Crippen molar-refractivity contribution in [1.82, 2.24) is 4.90 Å². The Morgan fingerprint density at radius 3 is 2.81 bits per heavy atom. The van der Waals surface area contributed by atoms with Crippen molar-refractivity contribution in [2.24, 2.45) is 11.7 Å². The zero-order valence-corrected chi connectivity index (χ0v) is 13.3. The molecule has 1 aliphatic carbocycles. The highest BCUT2D eigenvalue weighted by atomic mass is 16.5. The van der Waals surface area contributed by atoms with Crippen LogP contribution in [-0.4, -0.2) is 31.0 Å². The van der Waals surface area contributed by atoms with E-state index in [1.54, 1.807) is 7.11 Å². The van der Waals surface area contributed by atoms with Crippen molar-refractivity contribution in [3.8, 4) is 5.75 Å². The number of hydrogen-bond acceptors (Lipinski definition) is 3. The zero-order valence-electron chi connectivity index (χ0n) is 13.3. The first-order chi connectivity index (χ1) is 10.0. The summed E-state index contributed by atoms with van der Waals surface area (Å²) in [4.78, 5) is 14.3. The molecular formula is C17H26N2O2. The van der Waals surface area contributed by atoms with E-state index < -0.39 is 0 Å². The molecule has 2 unspecified atom stereocenters. The number of ether oxygens (including phenoxy) is 1. The van der Waals surface area contributed by atoms with Gasteiger partial charge < -0.3 is 15.4 Å². The van der Waals surface area contributed by atoms with Crippen LogP contribution in [0.4, 0.5) is 0 Å². The molecule has 1 aliphatic rings. The molecule has 0 aromatic heterocycles. The average molecular weight is 290 g/mol. The SMILES string of the molecule is COc1ccc(CN(C)C(=O)C2CCCC(N)C2)cc1C. The van der Waals surface area contributed by atoms with Crippen LogP contribution in [-0.2, 0) is 11.3 Å². The van der Waals surface area contributed by atoms with Gasteiger partial charge in [-0.3, -0.25) is 4.79 Å². The maximum absolute atomic E-state index is 12.5. The number of methoxy groups -OCH3 is 1. The van der Waals surface area contributed by atoms with E-state index in [9.17, 15) is 4.79 Å². The topological polar surface area (TPSA) is 55.6 Å². The van der Waals surface area contributed by atoms with Crippen LogP contribution in [0, 0.1) is 12.8 Å². The summed E-state index contributed by atoms with van der Waals surface area (Å²) in [6, 6.07) is 6.24. The van der Waals surface area contributed by atoms with Gasteiger partial charge in [-0.05, 0) is 43.4 Å². The standard InChI is InChI=1S/C17H26N2O2/c1-12-9-13(7-8-16(12)21-3)11-19(2)17(20)14-5-4-6-15(18)10-14/h7-9,14-15H,4-6,10-11,18H2,1-3H3. The summed E-state index contributed by atoms with van der Waals surface area (Å²) in [6.07, 6.45) is 3.90. The van der Waals surface area contributed by atoms with Crippen molar-refractivity contribution in [2.45, 2.75) is 45.2 Å². The second-order valence-corrected chi connectivity index (χ2v) is 6.12. The van der Waals surface area contributed by atoms with Crippen molar-refractivity contribution < 1.29 is 9.53 Å². The van der Waals surface area contributed by atoms with E-state index in [-0.39, 0.29) is 17.9 Å². The minimum Gasteiger partial charge on any atom is -0.496 e. The van der Waals surface area contributed by atoms with Gasteiger partial charge in [-0.1, -0.05) is 18.6 Å². The second kappa shape index (κ2) is 6.94. The average Bonchev–Trinajstić information content (AvgIpc) is 2.46. The van der Waals surface area contributed by atoms with E-state index in [1.165, 1.54) is 0 Å². The van der Waals surface area contributed by atoms with E-state index in [4.69, 9.17) is 10.5 Å². The number of nitrogens with two attached hydrogens (primary N) is 1. The van der Waals surface area contributed by atoms with E-state index >= 15 is 0 Å². The Morgan fingerprint density at radius 1 is 1.43 bits per heavy atom. The smallest absolute Gasteiger partial charge is 0.225 e. The van der Waals surface area contributed by atoms with E-state index in [1.807, 2.05) is 31.0 Å². The third-order valence-electron chi connectivity index (χ3n) is 4.32. The summed E-state index contributed by atoms with van der Waals surface area (Å²) in [5.41, 5.74) is 8.20. The highest BCUT2D eigenvalue weighted by Gasteiger charge is 2.27. The summed E-state index contributed by atoms with van der Waals surface area (Å²) < 4.78 is 5.26. The number of carbonyl (C=O) groups excluding carboxylic acids is 1. The molecule has 4 heteroatoms. The molecule has 1 fully saturated rings. The van der Waals surface area contributed by atoms with E-state index in [0.717, 1.165) is 42.6 Å². The van der Waals surface area contributed by atoms with Crippen LogP contribution in [0.15, 0.2) is 18.2 Å². The molecule has 1 amide bonds. The fourth-order valence-electron chi connectivity index (χ4n) is 3.15. The zero-order chi connectivity index (χ0) is 15.4. The Kier molecular flexibility index (Phi) is 5.23. The Labute approximate surface area is 127 Å². The number of rotatable bonds is 4. The van der Waals surface area contributed by atoms with Gasteiger partial charge in [0.15, 0.2) is 0 Å². The molecule has 0 heterocycles. The molecule has 0 saturated heterocycles. The number of nitrogens with zero attached hydrogens (tertiary/aromatic N) is 1. The van der Waals surface area contributed by atoms with Crippen molar-refractivity contribution in [1.29, 1.82) is 0 Å². The van der Waals surface area contributed by atoms with Crippen molar-refractivity contribution in [2.75, 3.05) is 14.2 Å². The largest absolute Gasteiger partial charge is 0.496 e. The maximum Gasteiger partial charge on any atom is 0.225 e. The van der Waals surface area contributed by atoms with Gasteiger partial charge in [-0.15, -0.1) is 0 Å². The number of amides is 1. The molecule has 0 spiro atoms. The molecule has 1 aromatic rings. The lowest BCUT2D eigenvalue weighted by Crippen LogP contribution is -2.38. The van der Waals surface area contributed by atoms with Gasteiger partial charge in [-0.25, -0.2) is 0 Å². The highest BCUT2D eigenvalue weighted by Crippen LogP contribution is 2.25. The number of carbonyl (C=O) groups is 1. The summed E-state index contributed by atoms with van der Waals surface area (Å²) in [6.45, 7) is 2.65. The van der Waals surface area contributed by atoms with Gasteiger partial charge in [0.1, 0.15) is 5.75 Å². The summed E-state index contributed by atoms with van der Waals surface area (Å²) in [7, 11) is 3.55. The Bertz CT molecular complexity index is 502. The summed E-state index contributed by atoms with van der Waals surface area (Å²) in [5, 5.41) is 0. The lowest BCUT2D eigenvalue weighted by molar-refractivity contribution is -0.135. The van der Waals surface area contributed by atoms with Gasteiger partial charge in [0.2, 0.25) is 5.91 Å². The van der Waals surface area contributed by atoms with Crippen LogP contribution in [0.3, 0.4) is 0 Å². The maximum atomic E-state index is 12.5. The van der Waals surface area contributed by atoms with Gasteiger partial charge in [0.25, 0.3) is 0 Å². The molecule has 1 aromatic carbocycles. The predicted octanol–water partition coefficient (Wildman–Crippen LogP) is 2.48. The minimum atomic E-state index is 0.0955. The molecule has 0 bridgehead atoms. The van der Waals surface area contributed by atoms with Crippen LogP contribution in [0.5, 0.6) is 5.75 Å². The molecule has 2 rings (SSSR count). The fourth-order valence-corrected chi connectivity index (χ4v) is 3.15. The number of aryl methyl sites for hydroxylation is 1. The van der Waals surface area contributed by atoms with Crippen molar-refractivity contribution in [3.63, 3.8) is 0 Å². The van der Waals surface area contributed by atoms with Crippen LogP contribution in [0.25, 0.3) is 0 Å². The Hall–Kier alpha value is -1.55. The van der Waals surface area contributed by atoms with Gasteiger partial charge in [0.05, 0.1) is 7.11 Å². The Balaban J connectivity index is 1.98. The second-order valence-electron chi connectivity index (χ2n) is 6.12. The van der Waals surface area contributed by atoms with Gasteiger partial charge >= 0.3 is 0 Å². The van der Waals surface area contributed by atoms with Crippen LogP contribution < -0.4 is 10.5 Å². The molecule has 2 N–H and O–H groups in total. The van der Waals surface area contributed by atoms with Crippen molar-refractivity contribution in [3.05, 3.63) is 29.3 Å². The summed E-state index contributed by atoms with van der Waals surface area (Å²) >= 11 is 0. The first kappa shape index (κ1) is 15.8. The van der Waals surface area contributed by atoms with Gasteiger partial charge in [0, 0.05) is 25.6 Å². The molecule has 4 nitrogen and oxygen atoms in total. The third kappa shape index (κ3) is 3.97. The van der Waals surface area contributed by atoms with Crippen molar-refractivity contribution >= 4 is 5.91 Å². The Morgan fingerprint density at radius 2 is 2.19 bits per heavy atom. The normalized spacial score (nSPS) is 21.9. The lowest BCUT2D eigenvalue weighted by Gasteiger charge is -2.29. The minimum absolute atomic E-state index is 0.0955. The van der Waals surface area contributed by atoms with E-state index in [2.05, 4.69) is 6.07 Å². The fraction of sp³-hybridized carbons (Fsp3) is 0.588. The first-order valence-electron chi connectivity index (χ1n) is 7.65. The van der Waals surface area contributed by atoms with Crippen LogP contribution in [0.2, 0.25) is 0 Å². The monoisotopic (exact) mass is 290 g/mol. The van der Waals surface area contributed by atoms with E-state index in [0.29, 0.717) is 6.54 Å². The van der Waals surface area contributed by atoms with Crippen LogP contribution in [0.1, 0.15) is 36.8 Å². The first-order valence-corrected chi connectivity index (χ1v) is 7.65.